The van der Waals surface area contributed by atoms with E-state index in [9.17, 15) is 4.79 Å². The number of aromatic amines is 1. The Kier molecular flexibility index (Phi) is 4.48. The van der Waals surface area contributed by atoms with Crippen LogP contribution in [0, 0.1) is 11.3 Å². The number of allylic oxidation sites excluding steroid dienone is 1. The number of rotatable bonds is 4. The highest BCUT2D eigenvalue weighted by Crippen LogP contribution is 2.22. The summed E-state index contributed by atoms with van der Waals surface area (Å²) in [7, 11) is 1.27. The van der Waals surface area contributed by atoms with E-state index in [4.69, 9.17) is 16.9 Å². The number of ether oxygens (including phenoxy) is 1. The Hall–Kier alpha value is -2.92. The summed E-state index contributed by atoms with van der Waals surface area (Å²) < 4.78 is 4.67. The third-order valence-electron chi connectivity index (χ3n) is 2.47. The van der Waals surface area contributed by atoms with Gasteiger partial charge in [0.05, 0.1) is 18.4 Å². The fraction of sp³-hybridized carbons (Fsp3) is 0.0833. The van der Waals surface area contributed by atoms with Crippen LogP contribution in [0.25, 0.3) is 5.57 Å². The molecule has 0 atom stereocenters. The Balaban J connectivity index is 2.32. The van der Waals surface area contributed by atoms with Gasteiger partial charge in [-0.3, -0.25) is 0 Å². The van der Waals surface area contributed by atoms with Crippen LogP contribution in [0.4, 0.5) is 5.69 Å². The number of benzene rings is 1. The summed E-state index contributed by atoms with van der Waals surface area (Å²) >= 11 is 5.85. The van der Waals surface area contributed by atoms with Gasteiger partial charge in [0.1, 0.15) is 11.6 Å². The first-order valence-electron chi connectivity index (χ1n) is 5.64. The Labute approximate surface area is 124 Å². The minimum atomic E-state index is -0.550. The zero-order valence-corrected chi connectivity index (χ0v) is 11.5. The Bertz CT molecular complexity index is 720. The molecule has 0 spiro atoms. The van der Waals surface area contributed by atoms with Gasteiger partial charge in [-0.05, 0) is 23.4 Å². The lowest BCUT2D eigenvalue weighted by Gasteiger charge is -2.08. The second-order valence-electron chi connectivity index (χ2n) is 3.73. The molecule has 0 radical (unpaired) electrons. The summed E-state index contributed by atoms with van der Waals surface area (Å²) in [5.41, 5.74) is 0.823. The van der Waals surface area contributed by atoms with E-state index in [1.807, 2.05) is 6.07 Å². The molecule has 2 N–H and O–H groups in total. The SMILES string of the molecule is COC(=O)c1cc(Cl)ccc1NC=C(C#N)c1nn[nH]n1. The summed E-state index contributed by atoms with van der Waals surface area (Å²) in [6.45, 7) is 0. The molecule has 1 aromatic carbocycles. The fourth-order valence-corrected chi connectivity index (χ4v) is 1.67. The standard InChI is InChI=1S/C12H9ClN6O2/c1-21-12(20)9-4-8(13)2-3-10(9)15-6-7(5-14)11-16-18-19-17-11/h2-4,6,15H,1H3,(H,16,17,18,19). The van der Waals surface area contributed by atoms with Gasteiger partial charge in [-0.25, -0.2) is 4.79 Å². The van der Waals surface area contributed by atoms with E-state index in [0.717, 1.165) is 0 Å². The number of halogens is 1. The highest BCUT2D eigenvalue weighted by Gasteiger charge is 2.13. The van der Waals surface area contributed by atoms with Crippen molar-refractivity contribution >= 4 is 28.8 Å². The van der Waals surface area contributed by atoms with E-state index in [2.05, 4.69) is 30.7 Å². The molecule has 1 aromatic heterocycles. The Morgan fingerprint density at radius 2 is 2.38 bits per heavy atom. The quantitative estimate of drug-likeness (QED) is 0.651. The summed E-state index contributed by atoms with van der Waals surface area (Å²) in [4.78, 5) is 11.7. The lowest BCUT2D eigenvalue weighted by molar-refractivity contribution is 0.0602. The van der Waals surface area contributed by atoms with Crippen LogP contribution in [0.5, 0.6) is 0 Å². The van der Waals surface area contributed by atoms with Crippen molar-refractivity contribution in [3.8, 4) is 6.07 Å². The number of nitrogens with one attached hydrogen (secondary N) is 2. The van der Waals surface area contributed by atoms with Gasteiger partial charge >= 0.3 is 5.97 Å². The lowest BCUT2D eigenvalue weighted by atomic mass is 10.1. The number of hydrogen-bond acceptors (Lipinski definition) is 7. The average Bonchev–Trinajstić information content (AvgIpc) is 3.02. The van der Waals surface area contributed by atoms with Crippen molar-refractivity contribution in [1.29, 1.82) is 5.26 Å². The summed E-state index contributed by atoms with van der Waals surface area (Å²) in [6.07, 6.45) is 1.36. The van der Waals surface area contributed by atoms with Crippen LogP contribution in [0.2, 0.25) is 5.02 Å². The van der Waals surface area contributed by atoms with Crippen molar-refractivity contribution < 1.29 is 9.53 Å². The van der Waals surface area contributed by atoms with Gasteiger partial charge in [0.25, 0.3) is 0 Å². The third-order valence-corrected chi connectivity index (χ3v) is 2.70. The molecule has 0 amide bonds. The van der Waals surface area contributed by atoms with Crippen LogP contribution in [0.1, 0.15) is 16.2 Å². The number of carbonyl (C=O) groups excluding carboxylic acids is 1. The molecule has 0 fully saturated rings. The van der Waals surface area contributed by atoms with E-state index in [1.165, 1.54) is 19.4 Å². The molecule has 21 heavy (non-hydrogen) atoms. The smallest absolute Gasteiger partial charge is 0.340 e. The molecule has 106 valence electrons. The highest BCUT2D eigenvalue weighted by atomic mass is 35.5. The molecule has 0 bridgehead atoms. The van der Waals surface area contributed by atoms with Crippen LogP contribution >= 0.6 is 11.6 Å². The zero-order chi connectivity index (χ0) is 15.2. The second-order valence-corrected chi connectivity index (χ2v) is 4.17. The van der Waals surface area contributed by atoms with Crippen LogP contribution in [0.15, 0.2) is 24.4 Å². The number of methoxy groups -OCH3 is 1. The minimum Gasteiger partial charge on any atom is -0.465 e. The first-order valence-corrected chi connectivity index (χ1v) is 6.02. The molecule has 2 rings (SSSR count). The molecule has 8 nitrogen and oxygen atoms in total. The molecule has 0 saturated carbocycles. The summed E-state index contributed by atoms with van der Waals surface area (Å²) in [5.74, 6) is -0.412. The number of nitriles is 1. The zero-order valence-electron chi connectivity index (χ0n) is 10.8. The van der Waals surface area contributed by atoms with Crippen LogP contribution in [0.3, 0.4) is 0 Å². The van der Waals surface area contributed by atoms with Gasteiger partial charge in [0.2, 0.25) is 5.82 Å². The largest absolute Gasteiger partial charge is 0.465 e. The maximum absolute atomic E-state index is 11.7. The molecule has 0 aliphatic heterocycles. The molecule has 0 aliphatic carbocycles. The minimum absolute atomic E-state index is 0.138. The molecular weight excluding hydrogens is 296 g/mol. The first kappa shape index (κ1) is 14.5. The monoisotopic (exact) mass is 304 g/mol. The van der Waals surface area contributed by atoms with Gasteiger partial charge < -0.3 is 10.1 Å². The number of tetrazole rings is 1. The molecule has 2 aromatic rings. The van der Waals surface area contributed by atoms with Crippen molar-refractivity contribution in [2.45, 2.75) is 0 Å². The number of esters is 1. The summed E-state index contributed by atoms with van der Waals surface area (Å²) in [6, 6.07) is 6.58. The van der Waals surface area contributed by atoms with E-state index < -0.39 is 5.97 Å². The Morgan fingerprint density at radius 3 is 3.00 bits per heavy atom. The van der Waals surface area contributed by atoms with Gasteiger partial charge in [-0.2, -0.15) is 10.5 Å². The van der Waals surface area contributed by atoms with Gasteiger partial charge in [-0.1, -0.05) is 11.6 Å². The number of carbonyl (C=O) groups is 1. The number of H-pyrrole nitrogens is 1. The van der Waals surface area contributed by atoms with Crippen molar-refractivity contribution in [2.75, 3.05) is 12.4 Å². The molecule has 0 unspecified atom stereocenters. The number of anilines is 1. The van der Waals surface area contributed by atoms with Gasteiger partial charge in [0.15, 0.2) is 0 Å². The van der Waals surface area contributed by atoms with Crippen molar-refractivity contribution in [3.63, 3.8) is 0 Å². The van der Waals surface area contributed by atoms with Crippen LogP contribution in [-0.4, -0.2) is 33.7 Å². The summed E-state index contributed by atoms with van der Waals surface area (Å²) in [5, 5.41) is 25.3. The number of nitrogens with zero attached hydrogens (tertiary/aromatic N) is 4. The third kappa shape index (κ3) is 3.34. The lowest BCUT2D eigenvalue weighted by Crippen LogP contribution is -2.05. The van der Waals surface area contributed by atoms with Crippen molar-refractivity contribution in [2.24, 2.45) is 0 Å². The van der Waals surface area contributed by atoms with Gasteiger partial charge in [-0.15, -0.1) is 10.2 Å². The van der Waals surface area contributed by atoms with Crippen LogP contribution in [-0.2, 0) is 4.74 Å². The maximum atomic E-state index is 11.7. The predicted molar refractivity (Wildman–Crippen MR) is 74.2 cm³/mol. The Morgan fingerprint density at radius 1 is 1.57 bits per heavy atom. The van der Waals surface area contributed by atoms with Crippen LogP contribution < -0.4 is 5.32 Å². The van der Waals surface area contributed by atoms with Crippen molar-refractivity contribution in [1.82, 2.24) is 20.6 Å². The molecule has 0 aliphatic rings. The first-order chi connectivity index (χ1) is 10.2. The van der Waals surface area contributed by atoms with E-state index in [0.29, 0.717) is 10.7 Å². The second kappa shape index (κ2) is 6.49. The van der Waals surface area contributed by atoms with Crippen molar-refractivity contribution in [3.05, 3.63) is 40.8 Å². The molecular formula is C12H9ClN6O2. The normalized spacial score (nSPS) is 10.8. The highest BCUT2D eigenvalue weighted by molar-refractivity contribution is 6.31. The topological polar surface area (TPSA) is 117 Å². The molecule has 0 saturated heterocycles. The number of aromatic nitrogens is 4. The van der Waals surface area contributed by atoms with Gasteiger partial charge in [0, 0.05) is 11.2 Å². The van der Waals surface area contributed by atoms with E-state index in [1.54, 1.807) is 12.1 Å². The number of hydrogen-bond donors (Lipinski definition) is 2. The fourth-order valence-electron chi connectivity index (χ4n) is 1.49. The molecule has 1 heterocycles. The van der Waals surface area contributed by atoms with E-state index >= 15 is 0 Å². The van der Waals surface area contributed by atoms with E-state index in [-0.39, 0.29) is 17.0 Å². The predicted octanol–water partition coefficient (Wildman–Crippen LogP) is 1.62. The maximum Gasteiger partial charge on any atom is 0.340 e. The molecule has 9 heteroatoms. The average molecular weight is 305 g/mol.